The van der Waals surface area contributed by atoms with Crippen molar-refractivity contribution < 1.29 is 8.42 Å². The number of sulfone groups is 1. The van der Waals surface area contributed by atoms with E-state index in [0.29, 0.717) is 4.90 Å². The van der Waals surface area contributed by atoms with Gasteiger partial charge in [-0.1, -0.05) is 6.07 Å². The quantitative estimate of drug-likeness (QED) is 0.669. The van der Waals surface area contributed by atoms with Crippen molar-refractivity contribution >= 4 is 27.7 Å². The Morgan fingerprint density at radius 3 is 2.77 bits per heavy atom. The first-order chi connectivity index (χ1) is 6.13. The molecular weight excluding hydrogens is 204 g/mol. The Hall–Kier alpha value is -0.740. The van der Waals surface area contributed by atoms with Crippen LogP contribution in [0, 0.1) is 0 Å². The third kappa shape index (κ3) is 1.40. The SMILES string of the molecule is CSc1ccc2c(c1)S(=O)(=O)C=C2. The predicted octanol–water partition coefficient (Wildman–Crippen LogP) is 2.17. The molecule has 4 heteroatoms. The zero-order valence-electron chi connectivity index (χ0n) is 7.02. The zero-order valence-corrected chi connectivity index (χ0v) is 8.65. The fraction of sp³-hybridized carbons (Fsp3) is 0.111. The van der Waals surface area contributed by atoms with Gasteiger partial charge in [0.05, 0.1) is 4.90 Å². The maximum absolute atomic E-state index is 11.4. The minimum Gasteiger partial charge on any atom is -0.219 e. The summed E-state index contributed by atoms with van der Waals surface area (Å²) in [6, 6.07) is 5.48. The van der Waals surface area contributed by atoms with Crippen molar-refractivity contribution in [2.75, 3.05) is 6.26 Å². The summed E-state index contributed by atoms with van der Waals surface area (Å²) in [5, 5.41) is 1.25. The molecule has 0 aromatic heterocycles. The van der Waals surface area contributed by atoms with Gasteiger partial charge in [0.2, 0.25) is 0 Å². The molecule has 0 aliphatic carbocycles. The van der Waals surface area contributed by atoms with Crippen molar-refractivity contribution in [3.8, 4) is 0 Å². The van der Waals surface area contributed by atoms with Crippen molar-refractivity contribution in [2.45, 2.75) is 9.79 Å². The molecule has 0 saturated heterocycles. The van der Waals surface area contributed by atoms with Gasteiger partial charge in [-0.2, -0.15) is 0 Å². The molecule has 0 N–H and O–H groups in total. The van der Waals surface area contributed by atoms with Gasteiger partial charge in [-0.05, 0) is 30.0 Å². The first-order valence-electron chi connectivity index (χ1n) is 3.75. The highest BCUT2D eigenvalue weighted by Crippen LogP contribution is 2.29. The molecular formula is C9H8O2S2. The number of hydrogen-bond acceptors (Lipinski definition) is 3. The fourth-order valence-corrected chi connectivity index (χ4v) is 3.00. The summed E-state index contributed by atoms with van der Waals surface area (Å²) >= 11 is 1.54. The van der Waals surface area contributed by atoms with E-state index in [1.54, 1.807) is 23.9 Å². The lowest BCUT2D eigenvalue weighted by Crippen LogP contribution is -1.93. The maximum atomic E-state index is 11.4. The minimum atomic E-state index is -3.13. The number of hydrogen-bond donors (Lipinski definition) is 0. The van der Waals surface area contributed by atoms with Crippen LogP contribution in [-0.2, 0) is 9.84 Å². The number of thioether (sulfide) groups is 1. The van der Waals surface area contributed by atoms with Crippen LogP contribution in [-0.4, -0.2) is 14.7 Å². The second kappa shape index (κ2) is 2.89. The van der Waals surface area contributed by atoms with Crippen LogP contribution in [0.1, 0.15) is 5.56 Å². The summed E-state index contributed by atoms with van der Waals surface area (Å²) < 4.78 is 22.9. The Labute approximate surface area is 81.6 Å². The van der Waals surface area contributed by atoms with E-state index in [4.69, 9.17) is 0 Å². The Kier molecular flexibility index (Phi) is 1.96. The monoisotopic (exact) mass is 212 g/mol. The molecule has 1 aliphatic heterocycles. The van der Waals surface area contributed by atoms with Crippen LogP contribution in [0.4, 0.5) is 0 Å². The average molecular weight is 212 g/mol. The van der Waals surface area contributed by atoms with Crippen LogP contribution in [0.5, 0.6) is 0 Å². The summed E-state index contributed by atoms with van der Waals surface area (Å²) in [4.78, 5) is 1.41. The van der Waals surface area contributed by atoms with Gasteiger partial charge < -0.3 is 0 Å². The first-order valence-corrected chi connectivity index (χ1v) is 6.52. The van der Waals surface area contributed by atoms with E-state index in [0.717, 1.165) is 10.5 Å². The molecule has 0 fully saturated rings. The van der Waals surface area contributed by atoms with Crippen LogP contribution in [0.2, 0.25) is 0 Å². The van der Waals surface area contributed by atoms with Crippen LogP contribution in [0.15, 0.2) is 33.4 Å². The third-order valence-electron chi connectivity index (χ3n) is 1.95. The Balaban J connectivity index is 2.68. The van der Waals surface area contributed by atoms with E-state index in [9.17, 15) is 8.42 Å². The van der Waals surface area contributed by atoms with Crippen LogP contribution in [0.3, 0.4) is 0 Å². The second-order valence-corrected chi connectivity index (χ2v) is 5.43. The normalized spacial score (nSPS) is 17.3. The Morgan fingerprint density at radius 2 is 2.08 bits per heavy atom. The van der Waals surface area contributed by atoms with E-state index in [-0.39, 0.29) is 0 Å². The molecule has 0 radical (unpaired) electrons. The maximum Gasteiger partial charge on any atom is 0.200 e. The molecule has 0 atom stereocenters. The van der Waals surface area contributed by atoms with Crippen LogP contribution < -0.4 is 0 Å². The molecule has 2 rings (SSSR count). The number of rotatable bonds is 1. The molecule has 13 heavy (non-hydrogen) atoms. The minimum absolute atomic E-state index is 0.430. The molecule has 68 valence electrons. The lowest BCUT2D eigenvalue weighted by atomic mass is 10.2. The second-order valence-electron chi connectivity index (χ2n) is 2.75. The van der Waals surface area contributed by atoms with Gasteiger partial charge in [-0.25, -0.2) is 8.42 Å². The van der Waals surface area contributed by atoms with Crippen molar-refractivity contribution in [1.29, 1.82) is 0 Å². The Morgan fingerprint density at radius 1 is 1.31 bits per heavy atom. The standard InChI is InChI=1S/C9H8O2S2/c1-12-8-3-2-7-4-5-13(10,11)9(7)6-8/h2-6H,1H3. The molecule has 1 aromatic rings. The van der Waals surface area contributed by atoms with E-state index in [1.807, 2.05) is 18.4 Å². The zero-order chi connectivity index (χ0) is 9.47. The highest BCUT2D eigenvalue weighted by atomic mass is 32.2. The number of fused-ring (bicyclic) bond motifs is 1. The van der Waals surface area contributed by atoms with E-state index in [2.05, 4.69) is 0 Å². The molecule has 0 saturated carbocycles. The average Bonchev–Trinajstić information content (AvgIpc) is 2.42. The van der Waals surface area contributed by atoms with Crippen molar-refractivity contribution in [3.05, 3.63) is 29.2 Å². The van der Waals surface area contributed by atoms with Gasteiger partial charge in [0.15, 0.2) is 9.84 Å². The largest absolute Gasteiger partial charge is 0.219 e. The summed E-state index contributed by atoms with van der Waals surface area (Å²) in [7, 11) is -3.13. The van der Waals surface area contributed by atoms with Gasteiger partial charge in [0, 0.05) is 10.3 Å². The molecule has 0 bridgehead atoms. The van der Waals surface area contributed by atoms with Crippen molar-refractivity contribution in [3.63, 3.8) is 0 Å². The highest BCUT2D eigenvalue weighted by Gasteiger charge is 2.20. The van der Waals surface area contributed by atoms with Gasteiger partial charge in [0.1, 0.15) is 0 Å². The number of benzene rings is 1. The van der Waals surface area contributed by atoms with Crippen molar-refractivity contribution in [2.24, 2.45) is 0 Å². The van der Waals surface area contributed by atoms with Gasteiger partial charge in [-0.15, -0.1) is 11.8 Å². The molecule has 0 unspecified atom stereocenters. The summed E-state index contributed by atoms with van der Waals surface area (Å²) in [6.45, 7) is 0. The highest BCUT2D eigenvalue weighted by molar-refractivity contribution is 7.98. The lowest BCUT2D eigenvalue weighted by molar-refractivity contribution is 0.605. The molecule has 1 aromatic carbocycles. The molecule has 1 heterocycles. The topological polar surface area (TPSA) is 34.1 Å². The summed E-state index contributed by atoms with van der Waals surface area (Å²) in [5.41, 5.74) is 0.790. The van der Waals surface area contributed by atoms with Gasteiger partial charge >= 0.3 is 0 Å². The third-order valence-corrected chi connectivity index (χ3v) is 4.14. The molecule has 1 aliphatic rings. The lowest BCUT2D eigenvalue weighted by Gasteiger charge is -2.00. The van der Waals surface area contributed by atoms with Gasteiger partial charge in [0.25, 0.3) is 0 Å². The summed E-state index contributed by atoms with van der Waals surface area (Å²) in [6.07, 6.45) is 3.56. The molecule has 0 spiro atoms. The van der Waals surface area contributed by atoms with Gasteiger partial charge in [-0.3, -0.25) is 0 Å². The molecule has 2 nitrogen and oxygen atoms in total. The van der Waals surface area contributed by atoms with Crippen molar-refractivity contribution in [1.82, 2.24) is 0 Å². The van der Waals surface area contributed by atoms with E-state index >= 15 is 0 Å². The summed E-state index contributed by atoms with van der Waals surface area (Å²) in [5.74, 6) is 0. The van der Waals surface area contributed by atoms with Crippen LogP contribution in [0.25, 0.3) is 6.08 Å². The molecule has 0 amide bonds. The Bertz CT molecular complexity index is 472. The predicted molar refractivity (Wildman–Crippen MR) is 54.4 cm³/mol. The van der Waals surface area contributed by atoms with Crippen LogP contribution >= 0.6 is 11.8 Å². The smallest absolute Gasteiger partial charge is 0.200 e. The fourth-order valence-electron chi connectivity index (χ4n) is 1.26. The van der Waals surface area contributed by atoms with E-state index < -0.39 is 9.84 Å². The first kappa shape index (κ1) is 8.84. The van der Waals surface area contributed by atoms with E-state index in [1.165, 1.54) is 5.41 Å².